The molecule has 1 aliphatic carbocycles. The molecule has 1 aliphatic rings. The molecule has 0 heterocycles. The molecule has 1 fully saturated rings. The van der Waals surface area contributed by atoms with Crippen LogP contribution in [0.1, 0.15) is 31.2 Å². The Balaban J connectivity index is 1.74. The van der Waals surface area contributed by atoms with Crippen molar-refractivity contribution in [2.24, 2.45) is 5.92 Å². The molecule has 1 aromatic carbocycles. The molecular weight excluding hydrogens is 226 g/mol. The topological polar surface area (TPSA) is 49.3 Å². The van der Waals surface area contributed by atoms with Gasteiger partial charge in [0, 0.05) is 12.5 Å². The van der Waals surface area contributed by atoms with Gasteiger partial charge >= 0.3 is 0 Å². The second-order valence-electron chi connectivity index (χ2n) is 5.08. The molecule has 1 saturated carbocycles. The van der Waals surface area contributed by atoms with Gasteiger partial charge in [-0.05, 0) is 18.4 Å². The first-order chi connectivity index (χ1) is 8.75. The van der Waals surface area contributed by atoms with Crippen LogP contribution >= 0.6 is 0 Å². The second-order valence-corrected chi connectivity index (χ2v) is 5.08. The fraction of sp³-hybridized carbons (Fsp3) is 0.533. The van der Waals surface area contributed by atoms with Crippen molar-refractivity contribution in [1.82, 2.24) is 5.32 Å². The number of benzene rings is 1. The molecule has 2 rings (SSSR count). The summed E-state index contributed by atoms with van der Waals surface area (Å²) in [5.41, 5.74) is 1.03. The Morgan fingerprint density at radius 3 is 2.67 bits per heavy atom. The van der Waals surface area contributed by atoms with Gasteiger partial charge in [0.2, 0.25) is 5.91 Å². The van der Waals surface area contributed by atoms with Gasteiger partial charge in [-0.3, -0.25) is 4.79 Å². The summed E-state index contributed by atoms with van der Waals surface area (Å²) < 4.78 is 0. The second kappa shape index (κ2) is 6.55. The van der Waals surface area contributed by atoms with E-state index in [1.165, 1.54) is 0 Å². The summed E-state index contributed by atoms with van der Waals surface area (Å²) in [6.45, 7) is 0.604. The number of hydrogen-bond acceptors (Lipinski definition) is 2. The molecule has 3 heteroatoms. The smallest absolute Gasteiger partial charge is 0.224 e. The Morgan fingerprint density at radius 1 is 1.22 bits per heavy atom. The summed E-state index contributed by atoms with van der Waals surface area (Å²) in [6.07, 6.45) is 4.34. The highest BCUT2D eigenvalue weighted by atomic mass is 16.3. The summed E-state index contributed by atoms with van der Waals surface area (Å²) in [7, 11) is 0. The Labute approximate surface area is 108 Å². The molecule has 18 heavy (non-hydrogen) atoms. The minimum Gasteiger partial charge on any atom is -0.393 e. The van der Waals surface area contributed by atoms with Crippen molar-refractivity contribution in [3.8, 4) is 0 Å². The predicted molar refractivity (Wildman–Crippen MR) is 71.1 cm³/mol. The number of aliphatic hydroxyl groups is 1. The van der Waals surface area contributed by atoms with Crippen LogP contribution in [0.3, 0.4) is 0 Å². The van der Waals surface area contributed by atoms with Crippen LogP contribution in [0.25, 0.3) is 0 Å². The van der Waals surface area contributed by atoms with Gasteiger partial charge in [0.25, 0.3) is 0 Å². The van der Waals surface area contributed by atoms with E-state index in [0.29, 0.717) is 13.0 Å². The van der Waals surface area contributed by atoms with Gasteiger partial charge in [-0.25, -0.2) is 0 Å². The third-order valence-electron chi connectivity index (χ3n) is 3.64. The number of rotatable bonds is 4. The lowest BCUT2D eigenvalue weighted by atomic mass is 9.86. The zero-order valence-corrected chi connectivity index (χ0v) is 10.6. The van der Waals surface area contributed by atoms with Gasteiger partial charge in [-0.2, -0.15) is 0 Å². The molecule has 0 aliphatic heterocycles. The van der Waals surface area contributed by atoms with E-state index in [0.717, 1.165) is 31.2 Å². The largest absolute Gasteiger partial charge is 0.393 e. The van der Waals surface area contributed by atoms with Crippen LogP contribution < -0.4 is 5.32 Å². The van der Waals surface area contributed by atoms with E-state index in [2.05, 4.69) is 5.32 Å². The first-order valence-electron chi connectivity index (χ1n) is 6.74. The Hall–Kier alpha value is -1.35. The van der Waals surface area contributed by atoms with Gasteiger partial charge in [-0.15, -0.1) is 0 Å². The molecule has 3 nitrogen and oxygen atoms in total. The van der Waals surface area contributed by atoms with Crippen molar-refractivity contribution in [2.45, 2.75) is 38.2 Å². The lowest BCUT2D eigenvalue weighted by molar-refractivity contribution is -0.120. The SMILES string of the molecule is O=C(Cc1ccccc1)NCC1CCCCC1O. The predicted octanol–water partition coefficient (Wildman–Crippen LogP) is 1.90. The molecule has 0 aromatic heterocycles. The third kappa shape index (κ3) is 3.84. The van der Waals surface area contributed by atoms with E-state index in [1.807, 2.05) is 30.3 Å². The molecule has 2 atom stereocenters. The number of amides is 1. The molecule has 2 N–H and O–H groups in total. The lowest BCUT2D eigenvalue weighted by Gasteiger charge is -2.27. The van der Waals surface area contributed by atoms with Crippen LogP contribution in [0.4, 0.5) is 0 Å². The Kier molecular flexibility index (Phi) is 4.76. The number of aliphatic hydroxyl groups excluding tert-OH is 1. The minimum absolute atomic E-state index is 0.0407. The molecule has 0 spiro atoms. The molecule has 1 aromatic rings. The van der Waals surface area contributed by atoms with Crippen molar-refractivity contribution in [1.29, 1.82) is 0 Å². The standard InChI is InChI=1S/C15H21NO2/c17-14-9-5-4-8-13(14)11-16-15(18)10-12-6-2-1-3-7-12/h1-3,6-7,13-14,17H,4-5,8-11H2,(H,16,18). The summed E-state index contributed by atoms with van der Waals surface area (Å²) in [5, 5.41) is 12.8. The highest BCUT2D eigenvalue weighted by Crippen LogP contribution is 2.23. The van der Waals surface area contributed by atoms with Crippen molar-refractivity contribution in [3.63, 3.8) is 0 Å². The van der Waals surface area contributed by atoms with Crippen molar-refractivity contribution in [2.75, 3.05) is 6.54 Å². The number of carbonyl (C=O) groups is 1. The molecule has 0 radical (unpaired) electrons. The van der Waals surface area contributed by atoms with Gasteiger partial charge in [0.1, 0.15) is 0 Å². The molecule has 98 valence electrons. The average molecular weight is 247 g/mol. The third-order valence-corrected chi connectivity index (χ3v) is 3.64. The first-order valence-corrected chi connectivity index (χ1v) is 6.74. The van der Waals surface area contributed by atoms with Crippen molar-refractivity contribution >= 4 is 5.91 Å². The molecule has 0 saturated heterocycles. The van der Waals surface area contributed by atoms with E-state index < -0.39 is 0 Å². The summed E-state index contributed by atoms with van der Waals surface area (Å²) in [6, 6.07) is 9.73. The van der Waals surface area contributed by atoms with Gasteiger partial charge < -0.3 is 10.4 Å². The Bertz CT molecular complexity index is 377. The molecule has 1 amide bonds. The number of nitrogens with one attached hydrogen (secondary N) is 1. The summed E-state index contributed by atoms with van der Waals surface area (Å²) in [5.74, 6) is 0.275. The van der Waals surface area contributed by atoms with Crippen molar-refractivity contribution in [3.05, 3.63) is 35.9 Å². The number of hydrogen-bond donors (Lipinski definition) is 2. The quantitative estimate of drug-likeness (QED) is 0.853. The highest BCUT2D eigenvalue weighted by molar-refractivity contribution is 5.78. The maximum absolute atomic E-state index is 11.8. The highest BCUT2D eigenvalue weighted by Gasteiger charge is 2.23. The van der Waals surface area contributed by atoms with Crippen LogP contribution in [-0.4, -0.2) is 23.7 Å². The van der Waals surface area contributed by atoms with Crippen LogP contribution in [-0.2, 0) is 11.2 Å². The molecule has 2 unspecified atom stereocenters. The Morgan fingerprint density at radius 2 is 1.94 bits per heavy atom. The fourth-order valence-electron chi connectivity index (χ4n) is 2.51. The maximum atomic E-state index is 11.8. The zero-order chi connectivity index (χ0) is 12.8. The first kappa shape index (κ1) is 13.1. The van der Waals surface area contributed by atoms with Crippen LogP contribution in [0.15, 0.2) is 30.3 Å². The van der Waals surface area contributed by atoms with Crippen LogP contribution in [0.5, 0.6) is 0 Å². The van der Waals surface area contributed by atoms with Gasteiger partial charge in [-0.1, -0.05) is 43.2 Å². The van der Waals surface area contributed by atoms with Crippen LogP contribution in [0.2, 0.25) is 0 Å². The normalized spacial score (nSPS) is 23.6. The molecule has 0 bridgehead atoms. The van der Waals surface area contributed by atoms with E-state index in [4.69, 9.17) is 0 Å². The van der Waals surface area contributed by atoms with E-state index >= 15 is 0 Å². The van der Waals surface area contributed by atoms with Gasteiger partial charge in [0.15, 0.2) is 0 Å². The zero-order valence-electron chi connectivity index (χ0n) is 10.6. The lowest BCUT2D eigenvalue weighted by Crippen LogP contribution is -2.37. The van der Waals surface area contributed by atoms with Crippen LogP contribution in [0, 0.1) is 5.92 Å². The maximum Gasteiger partial charge on any atom is 0.224 e. The summed E-state index contributed by atoms with van der Waals surface area (Å²) in [4.78, 5) is 11.8. The van der Waals surface area contributed by atoms with E-state index in [1.54, 1.807) is 0 Å². The summed E-state index contributed by atoms with van der Waals surface area (Å²) >= 11 is 0. The molecular formula is C15H21NO2. The van der Waals surface area contributed by atoms with E-state index in [-0.39, 0.29) is 17.9 Å². The number of carbonyl (C=O) groups excluding carboxylic acids is 1. The van der Waals surface area contributed by atoms with Gasteiger partial charge in [0.05, 0.1) is 12.5 Å². The minimum atomic E-state index is -0.240. The monoisotopic (exact) mass is 247 g/mol. The average Bonchev–Trinajstić information content (AvgIpc) is 2.39. The van der Waals surface area contributed by atoms with E-state index in [9.17, 15) is 9.90 Å². The fourth-order valence-corrected chi connectivity index (χ4v) is 2.51. The van der Waals surface area contributed by atoms with Crippen molar-refractivity contribution < 1.29 is 9.90 Å².